The molecule has 2 rings (SSSR count). The third kappa shape index (κ3) is 4.05. The van der Waals surface area contributed by atoms with Crippen LogP contribution >= 0.6 is 0 Å². The van der Waals surface area contributed by atoms with E-state index in [1.165, 1.54) is 18.5 Å². The summed E-state index contributed by atoms with van der Waals surface area (Å²) < 4.78 is 5.78. The van der Waals surface area contributed by atoms with Crippen molar-refractivity contribution in [2.45, 2.75) is 52.7 Å². The first-order valence-corrected chi connectivity index (χ1v) is 7.29. The standard InChI is InChI=1S/C16H26N2O/c1-11(2)18(10-13-5-6-13)15-7-14(17)8-16(9-15)19-12(3)4/h7-9,11-13H,5-6,10,17H2,1-4H3. The largest absolute Gasteiger partial charge is 0.491 e. The van der Waals surface area contributed by atoms with Crippen molar-refractivity contribution in [1.29, 1.82) is 0 Å². The molecule has 1 aliphatic carbocycles. The number of benzene rings is 1. The number of hydrogen-bond acceptors (Lipinski definition) is 3. The van der Waals surface area contributed by atoms with Crippen LogP contribution in [0.15, 0.2) is 18.2 Å². The molecule has 0 bridgehead atoms. The smallest absolute Gasteiger partial charge is 0.123 e. The highest BCUT2D eigenvalue weighted by atomic mass is 16.5. The third-order valence-corrected chi connectivity index (χ3v) is 3.39. The van der Waals surface area contributed by atoms with E-state index < -0.39 is 0 Å². The normalized spacial score (nSPS) is 15.1. The van der Waals surface area contributed by atoms with Gasteiger partial charge in [-0.2, -0.15) is 0 Å². The molecule has 0 amide bonds. The number of nitrogen functional groups attached to an aromatic ring is 1. The fraction of sp³-hybridized carbons (Fsp3) is 0.625. The molecule has 0 heterocycles. The lowest BCUT2D eigenvalue weighted by Crippen LogP contribution is -2.32. The molecule has 0 spiro atoms. The molecule has 106 valence electrons. The second kappa shape index (κ2) is 5.72. The van der Waals surface area contributed by atoms with Crippen LogP contribution in [0.3, 0.4) is 0 Å². The lowest BCUT2D eigenvalue weighted by Gasteiger charge is -2.30. The van der Waals surface area contributed by atoms with E-state index in [0.717, 1.165) is 23.9 Å². The van der Waals surface area contributed by atoms with E-state index in [-0.39, 0.29) is 6.10 Å². The van der Waals surface area contributed by atoms with Gasteiger partial charge in [0.25, 0.3) is 0 Å². The van der Waals surface area contributed by atoms with Crippen molar-refractivity contribution >= 4 is 11.4 Å². The number of hydrogen-bond donors (Lipinski definition) is 1. The van der Waals surface area contributed by atoms with E-state index in [0.29, 0.717) is 6.04 Å². The summed E-state index contributed by atoms with van der Waals surface area (Å²) in [6.07, 6.45) is 2.90. The van der Waals surface area contributed by atoms with Crippen LogP contribution in [-0.4, -0.2) is 18.7 Å². The average molecular weight is 262 g/mol. The predicted octanol–water partition coefficient (Wildman–Crippen LogP) is 3.68. The zero-order chi connectivity index (χ0) is 14.0. The summed E-state index contributed by atoms with van der Waals surface area (Å²) in [6, 6.07) is 6.54. The maximum Gasteiger partial charge on any atom is 0.123 e. The van der Waals surface area contributed by atoms with Crippen LogP contribution in [0.1, 0.15) is 40.5 Å². The molecule has 1 aliphatic rings. The zero-order valence-electron chi connectivity index (χ0n) is 12.5. The van der Waals surface area contributed by atoms with Gasteiger partial charge in [-0.25, -0.2) is 0 Å². The molecule has 2 N–H and O–H groups in total. The summed E-state index contributed by atoms with van der Waals surface area (Å²) in [5, 5.41) is 0. The lowest BCUT2D eigenvalue weighted by atomic mass is 10.2. The minimum absolute atomic E-state index is 0.172. The van der Waals surface area contributed by atoms with E-state index in [1.54, 1.807) is 0 Å². The van der Waals surface area contributed by atoms with Gasteiger partial charge in [-0.3, -0.25) is 0 Å². The molecule has 1 aromatic rings. The molecule has 0 aromatic heterocycles. The van der Waals surface area contributed by atoms with Crippen molar-refractivity contribution < 1.29 is 4.74 Å². The highest BCUT2D eigenvalue weighted by Crippen LogP contribution is 2.34. The summed E-state index contributed by atoms with van der Waals surface area (Å²) >= 11 is 0. The number of nitrogens with two attached hydrogens (primary N) is 1. The Bertz CT molecular complexity index is 425. The second-order valence-electron chi connectivity index (χ2n) is 6.12. The van der Waals surface area contributed by atoms with Crippen molar-refractivity contribution in [3.63, 3.8) is 0 Å². The molecule has 1 aromatic carbocycles. The fourth-order valence-corrected chi connectivity index (χ4v) is 2.30. The van der Waals surface area contributed by atoms with E-state index in [2.05, 4.69) is 30.9 Å². The van der Waals surface area contributed by atoms with E-state index in [4.69, 9.17) is 10.5 Å². The summed E-state index contributed by atoms with van der Waals surface area (Å²) in [6.45, 7) is 9.66. The quantitative estimate of drug-likeness (QED) is 0.795. The van der Waals surface area contributed by atoms with Crippen LogP contribution in [0.25, 0.3) is 0 Å². The minimum Gasteiger partial charge on any atom is -0.491 e. The zero-order valence-corrected chi connectivity index (χ0v) is 12.5. The SMILES string of the molecule is CC(C)Oc1cc(N)cc(N(CC2CC2)C(C)C)c1. The van der Waals surface area contributed by atoms with E-state index in [9.17, 15) is 0 Å². The van der Waals surface area contributed by atoms with Crippen molar-refractivity contribution in [2.75, 3.05) is 17.2 Å². The van der Waals surface area contributed by atoms with Gasteiger partial charge in [-0.1, -0.05) is 0 Å². The maximum absolute atomic E-state index is 6.01. The Hall–Kier alpha value is -1.38. The molecule has 3 nitrogen and oxygen atoms in total. The van der Waals surface area contributed by atoms with Gasteiger partial charge >= 0.3 is 0 Å². The minimum atomic E-state index is 0.172. The van der Waals surface area contributed by atoms with Gasteiger partial charge in [0.2, 0.25) is 0 Å². The Morgan fingerprint density at radius 1 is 1.21 bits per heavy atom. The van der Waals surface area contributed by atoms with Gasteiger partial charge in [0, 0.05) is 36.1 Å². The molecular formula is C16H26N2O. The Labute approximate surface area is 116 Å². The summed E-state index contributed by atoms with van der Waals surface area (Å²) in [7, 11) is 0. The van der Waals surface area contributed by atoms with Crippen LogP contribution in [0.4, 0.5) is 11.4 Å². The second-order valence-corrected chi connectivity index (χ2v) is 6.12. The lowest BCUT2D eigenvalue weighted by molar-refractivity contribution is 0.242. The number of anilines is 2. The monoisotopic (exact) mass is 262 g/mol. The first-order chi connectivity index (χ1) is 8.95. The van der Waals surface area contributed by atoms with Gasteiger partial charge in [0.05, 0.1) is 6.10 Å². The van der Waals surface area contributed by atoms with Crippen LogP contribution in [0, 0.1) is 5.92 Å². The van der Waals surface area contributed by atoms with Gasteiger partial charge < -0.3 is 15.4 Å². The van der Waals surface area contributed by atoms with Crippen LogP contribution < -0.4 is 15.4 Å². The molecule has 0 aliphatic heterocycles. The van der Waals surface area contributed by atoms with Crippen LogP contribution in [0.2, 0.25) is 0 Å². The topological polar surface area (TPSA) is 38.5 Å². The Kier molecular flexibility index (Phi) is 4.23. The number of nitrogens with zero attached hydrogens (tertiary/aromatic N) is 1. The van der Waals surface area contributed by atoms with Gasteiger partial charge in [-0.05, 0) is 52.5 Å². The molecule has 0 atom stereocenters. The highest BCUT2D eigenvalue weighted by molar-refractivity contribution is 5.61. The number of ether oxygens (including phenoxy) is 1. The van der Waals surface area contributed by atoms with Crippen molar-refractivity contribution in [2.24, 2.45) is 5.92 Å². The highest BCUT2D eigenvalue weighted by Gasteiger charge is 2.26. The van der Waals surface area contributed by atoms with Crippen LogP contribution in [0.5, 0.6) is 5.75 Å². The Morgan fingerprint density at radius 3 is 2.42 bits per heavy atom. The van der Waals surface area contributed by atoms with Gasteiger partial charge in [0.1, 0.15) is 5.75 Å². The molecular weight excluding hydrogens is 236 g/mol. The van der Waals surface area contributed by atoms with Gasteiger partial charge in [-0.15, -0.1) is 0 Å². The Morgan fingerprint density at radius 2 is 1.89 bits per heavy atom. The van der Waals surface area contributed by atoms with Crippen molar-refractivity contribution in [3.8, 4) is 5.75 Å². The first kappa shape index (κ1) is 14.0. The number of rotatable bonds is 6. The van der Waals surface area contributed by atoms with E-state index >= 15 is 0 Å². The Balaban J connectivity index is 2.21. The summed E-state index contributed by atoms with van der Waals surface area (Å²) in [4.78, 5) is 2.43. The summed E-state index contributed by atoms with van der Waals surface area (Å²) in [5.41, 5.74) is 7.96. The third-order valence-electron chi connectivity index (χ3n) is 3.39. The molecule has 3 heteroatoms. The van der Waals surface area contributed by atoms with Crippen molar-refractivity contribution in [3.05, 3.63) is 18.2 Å². The van der Waals surface area contributed by atoms with Crippen LogP contribution in [-0.2, 0) is 0 Å². The fourth-order valence-electron chi connectivity index (χ4n) is 2.30. The van der Waals surface area contributed by atoms with E-state index in [1.807, 2.05) is 19.9 Å². The molecule has 19 heavy (non-hydrogen) atoms. The molecule has 0 radical (unpaired) electrons. The molecule has 0 unspecified atom stereocenters. The summed E-state index contributed by atoms with van der Waals surface area (Å²) in [5.74, 6) is 1.73. The van der Waals surface area contributed by atoms with Crippen molar-refractivity contribution in [1.82, 2.24) is 0 Å². The first-order valence-electron chi connectivity index (χ1n) is 7.29. The predicted molar refractivity (Wildman–Crippen MR) is 81.8 cm³/mol. The van der Waals surface area contributed by atoms with Gasteiger partial charge in [0.15, 0.2) is 0 Å². The molecule has 0 saturated heterocycles. The average Bonchev–Trinajstić information content (AvgIpc) is 3.07. The molecule has 1 fully saturated rings. The molecule has 1 saturated carbocycles. The maximum atomic E-state index is 6.01.